The van der Waals surface area contributed by atoms with Gasteiger partial charge in [0.1, 0.15) is 0 Å². The van der Waals surface area contributed by atoms with E-state index in [2.05, 4.69) is 59.1 Å². The normalized spacial score (nSPS) is 11.1. The number of hydrogen-bond donors (Lipinski definition) is 3. The van der Waals surface area contributed by atoms with Crippen LogP contribution >= 0.6 is 0 Å². The van der Waals surface area contributed by atoms with Crippen molar-refractivity contribution < 1.29 is 4.79 Å². The molecule has 144 valence electrons. The van der Waals surface area contributed by atoms with Crippen LogP contribution < -0.4 is 16.0 Å². The van der Waals surface area contributed by atoms with Gasteiger partial charge in [-0.15, -0.1) is 0 Å². The molecule has 0 atom stereocenters. The molecule has 0 spiro atoms. The molecule has 0 saturated carbocycles. The Morgan fingerprint density at radius 2 is 1.44 bits per heavy atom. The Morgan fingerprint density at radius 3 is 1.96 bits per heavy atom. The van der Waals surface area contributed by atoms with Crippen molar-refractivity contribution >= 4 is 11.9 Å². The SMILES string of the molecule is CCCCNC(=O)c1ccc(CNC(=NC)NCc2ccc(C)cc2)cc1. The molecule has 2 aromatic carbocycles. The molecule has 0 bridgehead atoms. The van der Waals surface area contributed by atoms with Crippen molar-refractivity contribution in [2.45, 2.75) is 39.8 Å². The maximum Gasteiger partial charge on any atom is 0.251 e. The molecular formula is C22H30N4O. The Balaban J connectivity index is 1.80. The zero-order chi connectivity index (χ0) is 19.5. The average molecular weight is 367 g/mol. The smallest absolute Gasteiger partial charge is 0.251 e. The number of guanidine groups is 1. The molecule has 0 aromatic heterocycles. The van der Waals surface area contributed by atoms with E-state index < -0.39 is 0 Å². The molecule has 2 aromatic rings. The molecule has 0 unspecified atom stereocenters. The molecule has 0 saturated heterocycles. The van der Waals surface area contributed by atoms with Crippen molar-refractivity contribution in [2.24, 2.45) is 4.99 Å². The summed E-state index contributed by atoms with van der Waals surface area (Å²) in [7, 11) is 1.76. The fraction of sp³-hybridized carbons (Fsp3) is 0.364. The summed E-state index contributed by atoms with van der Waals surface area (Å²) in [4.78, 5) is 16.3. The molecule has 5 heteroatoms. The van der Waals surface area contributed by atoms with Crippen molar-refractivity contribution in [1.82, 2.24) is 16.0 Å². The summed E-state index contributed by atoms with van der Waals surface area (Å²) >= 11 is 0. The molecule has 2 rings (SSSR count). The number of carbonyl (C=O) groups excluding carboxylic acids is 1. The van der Waals surface area contributed by atoms with E-state index in [4.69, 9.17) is 0 Å². The van der Waals surface area contributed by atoms with E-state index in [1.54, 1.807) is 7.05 Å². The van der Waals surface area contributed by atoms with Crippen molar-refractivity contribution in [3.05, 3.63) is 70.8 Å². The summed E-state index contributed by atoms with van der Waals surface area (Å²) in [6.07, 6.45) is 2.08. The summed E-state index contributed by atoms with van der Waals surface area (Å²) in [5.41, 5.74) is 4.25. The minimum absolute atomic E-state index is 0.0152. The van der Waals surface area contributed by atoms with E-state index in [9.17, 15) is 4.79 Å². The Labute approximate surface area is 162 Å². The summed E-state index contributed by atoms with van der Waals surface area (Å²) in [5.74, 6) is 0.732. The molecule has 0 radical (unpaired) electrons. The quantitative estimate of drug-likeness (QED) is 0.381. The summed E-state index contributed by atoms with van der Waals surface area (Å²) in [6, 6.07) is 16.1. The van der Waals surface area contributed by atoms with Gasteiger partial charge in [-0.1, -0.05) is 55.3 Å². The topological polar surface area (TPSA) is 65.5 Å². The first-order valence-electron chi connectivity index (χ1n) is 9.49. The third kappa shape index (κ3) is 7.13. The number of aliphatic imine (C=N–C) groups is 1. The monoisotopic (exact) mass is 366 g/mol. The number of aryl methyl sites for hydroxylation is 1. The van der Waals surface area contributed by atoms with Crippen molar-refractivity contribution in [3.63, 3.8) is 0 Å². The minimum atomic E-state index is -0.0152. The minimum Gasteiger partial charge on any atom is -0.352 e. The molecule has 3 N–H and O–H groups in total. The molecular weight excluding hydrogens is 336 g/mol. The summed E-state index contributed by atoms with van der Waals surface area (Å²) in [5, 5.41) is 9.54. The second-order valence-electron chi connectivity index (χ2n) is 6.57. The van der Waals surface area contributed by atoms with Gasteiger partial charge >= 0.3 is 0 Å². The predicted octanol–water partition coefficient (Wildman–Crippen LogP) is 3.39. The number of amides is 1. The maximum absolute atomic E-state index is 12.0. The van der Waals surface area contributed by atoms with Gasteiger partial charge < -0.3 is 16.0 Å². The van der Waals surface area contributed by atoms with Crippen LogP contribution in [0.25, 0.3) is 0 Å². The van der Waals surface area contributed by atoms with E-state index >= 15 is 0 Å². The number of carbonyl (C=O) groups is 1. The largest absolute Gasteiger partial charge is 0.352 e. The highest BCUT2D eigenvalue weighted by atomic mass is 16.1. The van der Waals surface area contributed by atoms with E-state index in [1.807, 2.05) is 24.3 Å². The third-order valence-electron chi connectivity index (χ3n) is 4.30. The Hall–Kier alpha value is -2.82. The van der Waals surface area contributed by atoms with Crippen molar-refractivity contribution in [2.75, 3.05) is 13.6 Å². The highest BCUT2D eigenvalue weighted by molar-refractivity contribution is 5.94. The van der Waals surface area contributed by atoms with E-state index in [0.29, 0.717) is 12.1 Å². The lowest BCUT2D eigenvalue weighted by atomic mass is 10.1. The second-order valence-corrected chi connectivity index (χ2v) is 6.57. The van der Waals surface area contributed by atoms with Gasteiger partial charge in [0.25, 0.3) is 5.91 Å². The fourth-order valence-electron chi connectivity index (χ4n) is 2.55. The Morgan fingerprint density at radius 1 is 0.889 bits per heavy atom. The van der Waals surface area contributed by atoms with Crippen LogP contribution in [0.2, 0.25) is 0 Å². The zero-order valence-electron chi connectivity index (χ0n) is 16.5. The van der Waals surface area contributed by atoms with Crippen LogP contribution in [0.3, 0.4) is 0 Å². The standard InChI is InChI=1S/C22H30N4O/c1-4-5-14-24-21(27)20-12-10-19(11-13-20)16-26-22(23-3)25-15-18-8-6-17(2)7-9-18/h6-13H,4-5,14-16H2,1-3H3,(H,24,27)(H2,23,25,26). The van der Waals surface area contributed by atoms with Gasteiger partial charge in [0, 0.05) is 32.2 Å². The highest BCUT2D eigenvalue weighted by Crippen LogP contribution is 2.05. The Bertz CT molecular complexity index is 736. The van der Waals surface area contributed by atoms with E-state index in [0.717, 1.165) is 37.5 Å². The van der Waals surface area contributed by atoms with Crippen LogP contribution in [0, 0.1) is 6.92 Å². The molecule has 5 nitrogen and oxygen atoms in total. The lowest BCUT2D eigenvalue weighted by molar-refractivity contribution is 0.0953. The molecule has 0 aliphatic carbocycles. The van der Waals surface area contributed by atoms with E-state index in [1.165, 1.54) is 11.1 Å². The van der Waals surface area contributed by atoms with Gasteiger partial charge in [-0.05, 0) is 36.6 Å². The molecule has 0 heterocycles. The molecule has 27 heavy (non-hydrogen) atoms. The van der Waals surface area contributed by atoms with Crippen LogP contribution in [0.4, 0.5) is 0 Å². The first-order chi connectivity index (χ1) is 13.1. The lowest BCUT2D eigenvalue weighted by Crippen LogP contribution is -2.36. The molecule has 0 aliphatic heterocycles. The average Bonchev–Trinajstić information content (AvgIpc) is 2.70. The van der Waals surface area contributed by atoms with Gasteiger partial charge in [-0.2, -0.15) is 0 Å². The number of nitrogens with zero attached hydrogens (tertiary/aromatic N) is 1. The van der Waals surface area contributed by atoms with E-state index in [-0.39, 0.29) is 5.91 Å². The van der Waals surface area contributed by atoms with Crippen LogP contribution in [0.1, 0.15) is 46.8 Å². The predicted molar refractivity (Wildman–Crippen MR) is 112 cm³/mol. The van der Waals surface area contributed by atoms with Gasteiger partial charge in [0.15, 0.2) is 5.96 Å². The zero-order valence-corrected chi connectivity index (χ0v) is 16.5. The number of hydrogen-bond acceptors (Lipinski definition) is 2. The van der Waals surface area contributed by atoms with Crippen LogP contribution in [-0.2, 0) is 13.1 Å². The fourth-order valence-corrected chi connectivity index (χ4v) is 2.55. The van der Waals surface area contributed by atoms with Crippen molar-refractivity contribution in [1.29, 1.82) is 0 Å². The second kappa shape index (κ2) is 11.0. The van der Waals surface area contributed by atoms with Crippen LogP contribution in [-0.4, -0.2) is 25.5 Å². The number of benzene rings is 2. The number of rotatable bonds is 8. The summed E-state index contributed by atoms with van der Waals surface area (Å²) < 4.78 is 0. The van der Waals surface area contributed by atoms with Gasteiger partial charge in [0.2, 0.25) is 0 Å². The highest BCUT2D eigenvalue weighted by Gasteiger charge is 2.05. The maximum atomic E-state index is 12.0. The molecule has 1 amide bonds. The number of unbranched alkanes of at least 4 members (excludes halogenated alkanes) is 1. The lowest BCUT2D eigenvalue weighted by Gasteiger charge is -2.12. The first kappa shape index (κ1) is 20.5. The Kier molecular flexibility index (Phi) is 8.36. The van der Waals surface area contributed by atoms with Gasteiger partial charge in [-0.25, -0.2) is 0 Å². The van der Waals surface area contributed by atoms with Gasteiger partial charge in [-0.3, -0.25) is 9.79 Å². The first-order valence-corrected chi connectivity index (χ1v) is 9.49. The summed E-state index contributed by atoms with van der Waals surface area (Å²) in [6.45, 7) is 6.28. The van der Waals surface area contributed by atoms with Crippen LogP contribution in [0.15, 0.2) is 53.5 Å². The third-order valence-corrected chi connectivity index (χ3v) is 4.30. The van der Waals surface area contributed by atoms with Gasteiger partial charge in [0.05, 0.1) is 0 Å². The molecule has 0 fully saturated rings. The van der Waals surface area contributed by atoms with Crippen LogP contribution in [0.5, 0.6) is 0 Å². The van der Waals surface area contributed by atoms with Crippen molar-refractivity contribution in [3.8, 4) is 0 Å². The number of nitrogens with one attached hydrogen (secondary N) is 3. The molecule has 0 aliphatic rings.